The maximum absolute atomic E-state index is 12.4. The van der Waals surface area contributed by atoms with Crippen LogP contribution >= 0.6 is 0 Å². The molecule has 1 saturated heterocycles. The normalized spacial score (nSPS) is 16.0. The molecule has 1 atom stereocenters. The molecule has 0 aliphatic carbocycles. The van der Waals surface area contributed by atoms with Crippen LogP contribution in [-0.2, 0) is 16.1 Å². The number of hydrogen-bond donors (Lipinski definition) is 1. The van der Waals surface area contributed by atoms with Crippen LogP contribution < -0.4 is 5.32 Å². The van der Waals surface area contributed by atoms with Crippen LogP contribution in [0, 0.1) is 6.92 Å². The summed E-state index contributed by atoms with van der Waals surface area (Å²) in [5, 5.41) is 8.25. The minimum Gasteiger partial charge on any atom is -0.345 e. The molecule has 2 aromatic rings. The molecule has 6 heteroatoms. The van der Waals surface area contributed by atoms with Crippen molar-refractivity contribution in [3.05, 3.63) is 30.0 Å². The summed E-state index contributed by atoms with van der Waals surface area (Å²) < 4.78 is 1.85. The molecule has 0 bridgehead atoms. The number of fused-ring (bicyclic) bond motifs is 1. The Labute approximate surface area is 148 Å². The van der Waals surface area contributed by atoms with E-state index in [4.69, 9.17) is 0 Å². The lowest BCUT2D eigenvalue weighted by atomic mass is 10.1. The first kappa shape index (κ1) is 17.5. The fourth-order valence-electron chi connectivity index (χ4n) is 3.33. The largest absolute Gasteiger partial charge is 0.345 e. The predicted octanol–water partition coefficient (Wildman–Crippen LogP) is 2.25. The molecule has 2 amide bonds. The molecule has 0 radical (unpaired) electrons. The van der Waals surface area contributed by atoms with Gasteiger partial charge in [-0.2, -0.15) is 5.10 Å². The monoisotopic (exact) mass is 342 g/mol. The SMILES string of the molecule is Cc1ccc2cnn(CCC(=O)N[C@H](C)C(=O)N3CCCCC3)c2c1. The molecular weight excluding hydrogens is 316 g/mol. The van der Waals surface area contributed by atoms with Gasteiger partial charge in [0.2, 0.25) is 11.8 Å². The summed E-state index contributed by atoms with van der Waals surface area (Å²) in [6, 6.07) is 5.69. The van der Waals surface area contributed by atoms with Crippen molar-refractivity contribution in [1.82, 2.24) is 20.0 Å². The van der Waals surface area contributed by atoms with Crippen LogP contribution in [0.1, 0.15) is 38.2 Å². The number of amides is 2. The quantitative estimate of drug-likeness (QED) is 0.906. The average Bonchev–Trinajstić information content (AvgIpc) is 3.02. The molecule has 1 aliphatic heterocycles. The third-order valence-corrected chi connectivity index (χ3v) is 4.77. The molecule has 25 heavy (non-hydrogen) atoms. The van der Waals surface area contributed by atoms with Gasteiger partial charge in [0.05, 0.1) is 18.3 Å². The van der Waals surface area contributed by atoms with Crippen molar-refractivity contribution in [3.63, 3.8) is 0 Å². The topological polar surface area (TPSA) is 67.2 Å². The van der Waals surface area contributed by atoms with Gasteiger partial charge in [-0.1, -0.05) is 12.1 Å². The molecule has 3 rings (SSSR count). The lowest BCUT2D eigenvalue weighted by molar-refractivity contribution is -0.136. The Bertz CT molecular complexity index is 762. The minimum absolute atomic E-state index is 0.0215. The summed E-state index contributed by atoms with van der Waals surface area (Å²) in [4.78, 5) is 26.4. The third kappa shape index (κ3) is 4.18. The van der Waals surface area contributed by atoms with E-state index in [0.29, 0.717) is 13.0 Å². The van der Waals surface area contributed by atoms with Crippen molar-refractivity contribution >= 4 is 22.7 Å². The van der Waals surface area contributed by atoms with Crippen molar-refractivity contribution in [3.8, 4) is 0 Å². The minimum atomic E-state index is -0.470. The summed E-state index contributed by atoms with van der Waals surface area (Å²) in [7, 11) is 0. The highest BCUT2D eigenvalue weighted by Gasteiger charge is 2.23. The second-order valence-corrected chi connectivity index (χ2v) is 6.86. The molecule has 134 valence electrons. The van der Waals surface area contributed by atoms with E-state index in [1.807, 2.05) is 28.8 Å². The Hall–Kier alpha value is -2.37. The zero-order valence-electron chi connectivity index (χ0n) is 15.0. The number of carbonyl (C=O) groups excluding carboxylic acids is 2. The van der Waals surface area contributed by atoms with Gasteiger partial charge in [0, 0.05) is 24.9 Å². The lowest BCUT2D eigenvalue weighted by Gasteiger charge is -2.29. The van der Waals surface area contributed by atoms with Gasteiger partial charge in [0.15, 0.2) is 0 Å². The zero-order chi connectivity index (χ0) is 17.8. The smallest absolute Gasteiger partial charge is 0.244 e. The van der Waals surface area contributed by atoms with Crippen LogP contribution in [0.4, 0.5) is 0 Å². The maximum Gasteiger partial charge on any atom is 0.244 e. The predicted molar refractivity (Wildman–Crippen MR) is 97.1 cm³/mol. The van der Waals surface area contributed by atoms with Crippen LogP contribution in [-0.4, -0.2) is 45.6 Å². The van der Waals surface area contributed by atoms with Crippen LogP contribution in [0.2, 0.25) is 0 Å². The average molecular weight is 342 g/mol. The van der Waals surface area contributed by atoms with Gasteiger partial charge < -0.3 is 10.2 Å². The Kier molecular flexibility index (Phi) is 5.36. The van der Waals surface area contributed by atoms with E-state index in [0.717, 1.165) is 36.8 Å². The van der Waals surface area contributed by atoms with Crippen molar-refractivity contribution < 1.29 is 9.59 Å². The van der Waals surface area contributed by atoms with E-state index >= 15 is 0 Å². The molecule has 1 aromatic carbocycles. The van der Waals surface area contributed by atoms with Gasteiger partial charge in [-0.25, -0.2) is 0 Å². The Morgan fingerprint density at radius 1 is 1.24 bits per heavy atom. The molecule has 6 nitrogen and oxygen atoms in total. The summed E-state index contributed by atoms with van der Waals surface area (Å²) in [6.07, 6.45) is 5.41. The lowest BCUT2D eigenvalue weighted by Crippen LogP contribution is -2.48. The number of rotatable bonds is 5. The van der Waals surface area contributed by atoms with Gasteiger partial charge in [-0.05, 0) is 44.7 Å². The van der Waals surface area contributed by atoms with Gasteiger partial charge in [0.1, 0.15) is 6.04 Å². The number of likely N-dealkylation sites (tertiary alicyclic amines) is 1. The number of aromatic nitrogens is 2. The molecule has 0 unspecified atom stereocenters. The van der Waals surface area contributed by atoms with E-state index in [1.54, 1.807) is 6.92 Å². The Morgan fingerprint density at radius 3 is 2.76 bits per heavy atom. The van der Waals surface area contributed by atoms with E-state index in [1.165, 1.54) is 12.0 Å². The standard InChI is InChI=1S/C19H26N4O2/c1-14-6-7-16-13-20-23(17(16)12-14)11-8-18(24)21-15(2)19(25)22-9-4-3-5-10-22/h6-7,12-13,15H,3-5,8-11H2,1-2H3,(H,21,24)/t15-/m1/s1. The van der Waals surface area contributed by atoms with Crippen molar-refractivity contribution in [1.29, 1.82) is 0 Å². The van der Waals surface area contributed by atoms with Gasteiger partial charge in [0.25, 0.3) is 0 Å². The van der Waals surface area contributed by atoms with E-state index < -0.39 is 6.04 Å². The zero-order valence-corrected chi connectivity index (χ0v) is 15.0. The fraction of sp³-hybridized carbons (Fsp3) is 0.526. The molecule has 1 N–H and O–H groups in total. The highest BCUT2D eigenvalue weighted by Crippen LogP contribution is 2.15. The maximum atomic E-state index is 12.4. The third-order valence-electron chi connectivity index (χ3n) is 4.77. The van der Waals surface area contributed by atoms with Gasteiger partial charge >= 0.3 is 0 Å². The van der Waals surface area contributed by atoms with Gasteiger partial charge in [-0.15, -0.1) is 0 Å². The number of piperidine rings is 1. The summed E-state index contributed by atoms with van der Waals surface area (Å²) in [6.45, 7) is 5.91. The second kappa shape index (κ2) is 7.68. The summed E-state index contributed by atoms with van der Waals surface area (Å²) in [5.41, 5.74) is 2.20. The van der Waals surface area contributed by atoms with Crippen molar-refractivity contribution in [2.75, 3.05) is 13.1 Å². The van der Waals surface area contributed by atoms with E-state index in [2.05, 4.69) is 22.5 Å². The number of aryl methyl sites for hydroxylation is 2. The van der Waals surface area contributed by atoms with Gasteiger partial charge in [-0.3, -0.25) is 14.3 Å². The Balaban J connectivity index is 1.53. The van der Waals surface area contributed by atoms with Crippen LogP contribution in [0.5, 0.6) is 0 Å². The number of nitrogens with zero attached hydrogens (tertiary/aromatic N) is 3. The first-order valence-corrected chi connectivity index (χ1v) is 9.05. The van der Waals surface area contributed by atoms with E-state index in [-0.39, 0.29) is 11.8 Å². The summed E-state index contributed by atoms with van der Waals surface area (Å²) >= 11 is 0. The number of hydrogen-bond acceptors (Lipinski definition) is 3. The molecule has 0 spiro atoms. The van der Waals surface area contributed by atoms with Crippen molar-refractivity contribution in [2.24, 2.45) is 0 Å². The number of benzene rings is 1. The molecule has 1 aliphatic rings. The first-order chi connectivity index (χ1) is 12.0. The summed E-state index contributed by atoms with van der Waals surface area (Å²) in [5.74, 6) is -0.0950. The Morgan fingerprint density at radius 2 is 2.00 bits per heavy atom. The fourth-order valence-corrected chi connectivity index (χ4v) is 3.33. The molecular formula is C19H26N4O2. The molecule has 1 aromatic heterocycles. The van der Waals surface area contributed by atoms with Crippen LogP contribution in [0.3, 0.4) is 0 Å². The highest BCUT2D eigenvalue weighted by atomic mass is 16.2. The highest BCUT2D eigenvalue weighted by molar-refractivity contribution is 5.87. The molecule has 1 fully saturated rings. The van der Waals surface area contributed by atoms with Crippen molar-refractivity contribution in [2.45, 2.75) is 52.1 Å². The molecule has 0 saturated carbocycles. The molecule has 2 heterocycles. The number of nitrogens with one attached hydrogen (secondary N) is 1. The second-order valence-electron chi connectivity index (χ2n) is 6.86. The number of carbonyl (C=O) groups is 2. The van der Waals surface area contributed by atoms with Crippen LogP contribution in [0.15, 0.2) is 24.4 Å². The van der Waals surface area contributed by atoms with Crippen LogP contribution in [0.25, 0.3) is 10.9 Å². The van der Waals surface area contributed by atoms with E-state index in [9.17, 15) is 9.59 Å². The first-order valence-electron chi connectivity index (χ1n) is 9.05.